The van der Waals surface area contributed by atoms with Crippen LogP contribution in [0.4, 0.5) is 0 Å². The van der Waals surface area contributed by atoms with Crippen LogP contribution in [0, 0.1) is 0 Å². The van der Waals surface area contributed by atoms with Crippen LogP contribution in [0.15, 0.2) is 0 Å². The Kier molecular flexibility index (Phi) is 8.63. The molecule has 2 aliphatic rings. The van der Waals surface area contributed by atoms with Gasteiger partial charge in [0.05, 0.1) is 12.2 Å². The van der Waals surface area contributed by atoms with Crippen molar-refractivity contribution in [2.45, 2.75) is 102 Å². The van der Waals surface area contributed by atoms with Crippen LogP contribution in [0.3, 0.4) is 0 Å². The lowest BCUT2D eigenvalue weighted by Crippen LogP contribution is -2.17. The average molecular weight is 351 g/mol. The highest BCUT2D eigenvalue weighted by Crippen LogP contribution is 2.57. The van der Waals surface area contributed by atoms with Crippen molar-refractivity contribution in [2.24, 2.45) is 0 Å². The van der Waals surface area contributed by atoms with Crippen LogP contribution >= 0.6 is 17.9 Å². The molecular weight excluding hydrogens is 319 g/mol. The monoisotopic (exact) mass is 350 g/mol. The Bertz CT molecular complexity index is 294. The first kappa shape index (κ1) is 18.3. The first-order valence-electron chi connectivity index (χ1n) is 8.85. The van der Waals surface area contributed by atoms with Gasteiger partial charge in [0.1, 0.15) is 0 Å². The predicted molar refractivity (Wildman–Crippen MR) is 97.7 cm³/mol. The van der Waals surface area contributed by atoms with E-state index in [-0.39, 0.29) is 12.2 Å². The van der Waals surface area contributed by atoms with E-state index in [1.54, 1.807) is 0 Å². The highest BCUT2D eigenvalue weighted by atomic mass is 32.9. The molecule has 21 heavy (non-hydrogen) atoms. The van der Waals surface area contributed by atoms with Crippen LogP contribution in [0.1, 0.15) is 89.9 Å². The van der Waals surface area contributed by atoms with Gasteiger partial charge in [-0.2, -0.15) is 0 Å². The van der Waals surface area contributed by atoms with Gasteiger partial charge in [-0.3, -0.25) is 0 Å². The number of thiol groups is 1. The molecule has 0 heterocycles. The standard InChI is InChI=1S/C16H31O2PS2/c20-19(21,17-15-11-7-3-1-4-8-12-15)18-16-13-9-5-2-6-10-14-16/h15-16H,1-14H2,(H,20,21). The molecule has 0 atom stereocenters. The van der Waals surface area contributed by atoms with Gasteiger partial charge in [-0.15, -0.1) is 0 Å². The average Bonchev–Trinajstić information content (AvgIpc) is 2.35. The molecule has 0 bridgehead atoms. The second kappa shape index (κ2) is 9.93. The molecule has 2 aliphatic carbocycles. The molecule has 0 N–H and O–H groups in total. The first-order valence-corrected chi connectivity index (χ1v) is 12.6. The van der Waals surface area contributed by atoms with E-state index >= 15 is 0 Å². The van der Waals surface area contributed by atoms with E-state index in [1.165, 1.54) is 64.2 Å². The number of rotatable bonds is 4. The lowest BCUT2D eigenvalue weighted by atomic mass is 9.99. The summed E-state index contributed by atoms with van der Waals surface area (Å²) in [6.45, 7) is 0. The van der Waals surface area contributed by atoms with E-state index in [9.17, 15) is 0 Å². The van der Waals surface area contributed by atoms with E-state index in [2.05, 4.69) is 12.2 Å². The zero-order valence-electron chi connectivity index (χ0n) is 13.2. The van der Waals surface area contributed by atoms with Gasteiger partial charge < -0.3 is 9.05 Å². The summed E-state index contributed by atoms with van der Waals surface area (Å²) in [4.78, 5) is 0. The van der Waals surface area contributed by atoms with Crippen molar-refractivity contribution in [1.29, 1.82) is 0 Å². The smallest absolute Gasteiger partial charge is 0.244 e. The lowest BCUT2D eigenvalue weighted by molar-refractivity contribution is 0.120. The normalized spacial score (nSPS) is 24.8. The summed E-state index contributed by atoms with van der Waals surface area (Å²) in [7, 11) is 0. The third-order valence-corrected chi connectivity index (χ3v) is 6.88. The van der Waals surface area contributed by atoms with Gasteiger partial charge in [-0.25, -0.2) is 0 Å². The Morgan fingerprint density at radius 3 is 1.24 bits per heavy atom. The van der Waals surface area contributed by atoms with E-state index in [1.807, 2.05) is 0 Å². The van der Waals surface area contributed by atoms with Crippen LogP contribution in [-0.2, 0) is 20.9 Å². The maximum atomic E-state index is 6.16. The molecule has 0 aromatic carbocycles. The van der Waals surface area contributed by atoms with Crippen molar-refractivity contribution in [3.63, 3.8) is 0 Å². The van der Waals surface area contributed by atoms with Crippen LogP contribution in [0.25, 0.3) is 0 Å². The molecule has 0 amide bonds. The molecule has 2 nitrogen and oxygen atoms in total. The Morgan fingerprint density at radius 1 is 0.619 bits per heavy atom. The quantitative estimate of drug-likeness (QED) is 0.467. The van der Waals surface area contributed by atoms with Gasteiger partial charge in [0.25, 0.3) is 0 Å². The Hall–Kier alpha value is 0.920. The molecule has 0 spiro atoms. The summed E-state index contributed by atoms with van der Waals surface area (Å²) in [5.41, 5.74) is -2.37. The van der Waals surface area contributed by atoms with Gasteiger partial charge in [0, 0.05) is 0 Å². The zero-order valence-corrected chi connectivity index (χ0v) is 15.8. The molecule has 124 valence electrons. The van der Waals surface area contributed by atoms with Gasteiger partial charge in [-0.05, 0) is 37.5 Å². The second-order valence-electron chi connectivity index (χ2n) is 6.61. The molecule has 0 aromatic heterocycles. The van der Waals surface area contributed by atoms with Crippen molar-refractivity contribution < 1.29 is 9.05 Å². The third-order valence-electron chi connectivity index (χ3n) is 4.67. The molecule has 0 saturated heterocycles. The van der Waals surface area contributed by atoms with Crippen LogP contribution in [-0.4, -0.2) is 12.2 Å². The van der Waals surface area contributed by atoms with E-state index in [0.29, 0.717) is 0 Å². The Balaban J connectivity index is 1.79. The number of hydrogen-bond donors (Lipinski definition) is 1. The molecule has 2 rings (SSSR count). The van der Waals surface area contributed by atoms with Crippen molar-refractivity contribution in [2.75, 3.05) is 0 Å². The predicted octanol–water partition coefficient (Wildman–Crippen LogP) is 6.40. The minimum Gasteiger partial charge on any atom is -0.318 e. The summed E-state index contributed by atoms with van der Waals surface area (Å²) >= 11 is 10.2. The van der Waals surface area contributed by atoms with E-state index in [0.717, 1.165) is 25.7 Å². The highest BCUT2D eigenvalue weighted by Gasteiger charge is 2.25. The lowest BCUT2D eigenvalue weighted by Gasteiger charge is -2.29. The van der Waals surface area contributed by atoms with Crippen molar-refractivity contribution in [3.8, 4) is 0 Å². The fraction of sp³-hybridized carbons (Fsp3) is 1.00. The molecule has 0 aromatic rings. The molecule has 5 heteroatoms. The molecule has 2 saturated carbocycles. The van der Waals surface area contributed by atoms with Gasteiger partial charge in [-0.1, -0.05) is 76.5 Å². The second-order valence-corrected chi connectivity index (χ2v) is 11.8. The molecule has 0 radical (unpaired) electrons. The van der Waals surface area contributed by atoms with Crippen LogP contribution < -0.4 is 0 Å². The topological polar surface area (TPSA) is 18.5 Å². The third kappa shape index (κ3) is 7.83. The molecule has 0 aliphatic heterocycles. The summed E-state index contributed by atoms with van der Waals surface area (Å²) in [6.07, 6.45) is 18.2. The SMILES string of the molecule is S=P(S)(OC1CCCCCCC1)OC1CCCCCCC1. The maximum absolute atomic E-state index is 6.16. The summed E-state index contributed by atoms with van der Waals surface area (Å²) in [6, 6.07) is 0. The van der Waals surface area contributed by atoms with Gasteiger partial charge in [0.2, 0.25) is 5.69 Å². The van der Waals surface area contributed by atoms with Gasteiger partial charge in [0.15, 0.2) is 0 Å². The molecule has 0 unspecified atom stereocenters. The fourth-order valence-electron chi connectivity index (χ4n) is 3.45. The van der Waals surface area contributed by atoms with Crippen molar-refractivity contribution in [1.82, 2.24) is 0 Å². The zero-order chi connectivity index (χ0) is 15.0. The first-order chi connectivity index (χ1) is 10.2. The Morgan fingerprint density at radius 2 is 0.905 bits per heavy atom. The highest BCUT2D eigenvalue weighted by molar-refractivity contribution is 8.60. The Labute approximate surface area is 141 Å². The maximum Gasteiger partial charge on any atom is 0.244 e. The van der Waals surface area contributed by atoms with E-state index < -0.39 is 5.69 Å². The van der Waals surface area contributed by atoms with Crippen LogP contribution in [0.2, 0.25) is 0 Å². The number of hydrogen-bond acceptors (Lipinski definition) is 3. The minimum absolute atomic E-state index is 0.280. The molecular formula is C16H31O2PS2. The molecule has 2 fully saturated rings. The minimum atomic E-state index is -2.37. The summed E-state index contributed by atoms with van der Waals surface area (Å²) < 4.78 is 12.3. The summed E-state index contributed by atoms with van der Waals surface area (Å²) in [5, 5.41) is 0. The largest absolute Gasteiger partial charge is 0.318 e. The van der Waals surface area contributed by atoms with Crippen LogP contribution in [0.5, 0.6) is 0 Å². The van der Waals surface area contributed by atoms with Crippen molar-refractivity contribution >= 4 is 29.7 Å². The summed E-state index contributed by atoms with van der Waals surface area (Å²) in [5.74, 6) is 0. The van der Waals surface area contributed by atoms with E-state index in [4.69, 9.17) is 20.9 Å². The van der Waals surface area contributed by atoms with Gasteiger partial charge >= 0.3 is 0 Å². The fourth-order valence-corrected chi connectivity index (χ4v) is 6.20. The van der Waals surface area contributed by atoms with Crippen molar-refractivity contribution in [3.05, 3.63) is 0 Å².